The van der Waals surface area contributed by atoms with E-state index in [-0.39, 0.29) is 29.2 Å². The van der Waals surface area contributed by atoms with Crippen molar-refractivity contribution < 1.29 is 42.9 Å². The molecular formula is C20H17NO9. The molecule has 0 saturated carbocycles. The molecule has 1 amide bonds. The quantitative estimate of drug-likeness (QED) is 0.555. The number of nitrogens with one attached hydrogen (secondary N) is 1. The zero-order valence-corrected chi connectivity index (χ0v) is 16.1. The maximum atomic E-state index is 12.2. The van der Waals surface area contributed by atoms with Crippen molar-refractivity contribution in [1.82, 2.24) is 0 Å². The van der Waals surface area contributed by atoms with Crippen LogP contribution in [0.15, 0.2) is 36.4 Å². The summed E-state index contributed by atoms with van der Waals surface area (Å²) in [7, 11) is 2.37. The van der Waals surface area contributed by atoms with Crippen molar-refractivity contribution in [3.63, 3.8) is 0 Å². The number of ether oxygens (including phenoxy) is 5. The van der Waals surface area contributed by atoms with Gasteiger partial charge in [0.15, 0.2) is 18.1 Å². The molecule has 2 aromatic rings. The number of amides is 1. The largest absolute Gasteiger partial charge is 0.465 e. The van der Waals surface area contributed by atoms with Gasteiger partial charge in [0.05, 0.1) is 36.6 Å². The summed E-state index contributed by atoms with van der Waals surface area (Å²) in [5.74, 6) is -1.95. The van der Waals surface area contributed by atoms with Crippen LogP contribution in [-0.2, 0) is 19.0 Å². The molecule has 1 N–H and O–H groups in total. The fourth-order valence-electron chi connectivity index (χ4n) is 2.60. The lowest BCUT2D eigenvalue weighted by Crippen LogP contribution is -2.22. The average molecular weight is 415 g/mol. The van der Waals surface area contributed by atoms with Gasteiger partial charge < -0.3 is 29.0 Å². The number of hydrogen-bond donors (Lipinski definition) is 1. The van der Waals surface area contributed by atoms with Gasteiger partial charge in [-0.15, -0.1) is 0 Å². The van der Waals surface area contributed by atoms with Crippen LogP contribution in [0.5, 0.6) is 11.5 Å². The summed E-state index contributed by atoms with van der Waals surface area (Å²) in [6.45, 7) is -0.570. The Morgan fingerprint density at radius 3 is 2.27 bits per heavy atom. The van der Waals surface area contributed by atoms with E-state index in [2.05, 4.69) is 14.8 Å². The molecular weight excluding hydrogens is 398 g/mol. The molecule has 0 bridgehead atoms. The summed E-state index contributed by atoms with van der Waals surface area (Å²) < 4.78 is 24.6. The summed E-state index contributed by atoms with van der Waals surface area (Å²) in [6, 6.07) is 8.40. The fourth-order valence-corrected chi connectivity index (χ4v) is 2.60. The Bertz CT molecular complexity index is 1020. The average Bonchev–Trinajstić information content (AvgIpc) is 3.24. The normalized spacial score (nSPS) is 11.4. The van der Waals surface area contributed by atoms with Gasteiger partial charge in [-0.3, -0.25) is 4.79 Å². The molecule has 0 aliphatic carbocycles. The van der Waals surface area contributed by atoms with E-state index in [1.807, 2.05) is 0 Å². The van der Waals surface area contributed by atoms with Gasteiger partial charge in [-0.25, -0.2) is 14.4 Å². The monoisotopic (exact) mass is 415 g/mol. The Morgan fingerprint density at radius 1 is 0.867 bits per heavy atom. The second kappa shape index (κ2) is 8.95. The molecule has 0 radical (unpaired) electrons. The van der Waals surface area contributed by atoms with Crippen LogP contribution < -0.4 is 14.8 Å². The van der Waals surface area contributed by atoms with Crippen molar-refractivity contribution in [3.05, 3.63) is 53.1 Å². The summed E-state index contributed by atoms with van der Waals surface area (Å²) in [5.41, 5.74) is 0.308. The Labute approximate surface area is 170 Å². The molecule has 0 spiro atoms. The molecule has 10 nitrogen and oxygen atoms in total. The first kappa shape index (κ1) is 20.6. The van der Waals surface area contributed by atoms with Crippen LogP contribution in [0.3, 0.4) is 0 Å². The van der Waals surface area contributed by atoms with Crippen LogP contribution in [0.2, 0.25) is 0 Å². The van der Waals surface area contributed by atoms with Crippen LogP contribution >= 0.6 is 0 Å². The number of carbonyl (C=O) groups excluding carboxylic acids is 4. The van der Waals surface area contributed by atoms with E-state index in [0.29, 0.717) is 11.5 Å². The van der Waals surface area contributed by atoms with Crippen LogP contribution in [0, 0.1) is 0 Å². The first-order valence-corrected chi connectivity index (χ1v) is 8.60. The van der Waals surface area contributed by atoms with Crippen molar-refractivity contribution in [1.29, 1.82) is 0 Å². The lowest BCUT2D eigenvalue weighted by atomic mass is 10.1. The Hall–Kier alpha value is -4.08. The Balaban J connectivity index is 1.68. The number of hydrogen-bond acceptors (Lipinski definition) is 9. The van der Waals surface area contributed by atoms with Crippen molar-refractivity contribution in [3.8, 4) is 11.5 Å². The first-order chi connectivity index (χ1) is 14.4. The van der Waals surface area contributed by atoms with Crippen molar-refractivity contribution in [2.24, 2.45) is 0 Å². The van der Waals surface area contributed by atoms with Crippen molar-refractivity contribution >= 4 is 29.5 Å². The number of esters is 3. The molecule has 156 valence electrons. The third-order valence-electron chi connectivity index (χ3n) is 4.06. The van der Waals surface area contributed by atoms with E-state index in [1.54, 1.807) is 6.07 Å². The molecule has 1 aliphatic rings. The van der Waals surface area contributed by atoms with Crippen molar-refractivity contribution in [2.45, 2.75) is 0 Å². The molecule has 0 unspecified atom stereocenters. The third-order valence-corrected chi connectivity index (χ3v) is 4.06. The van der Waals surface area contributed by atoms with E-state index in [1.165, 1.54) is 44.6 Å². The van der Waals surface area contributed by atoms with Crippen LogP contribution in [0.4, 0.5) is 5.69 Å². The van der Waals surface area contributed by atoms with Gasteiger partial charge in [0.25, 0.3) is 5.91 Å². The van der Waals surface area contributed by atoms with Crippen LogP contribution in [0.1, 0.15) is 31.1 Å². The Kier molecular flexibility index (Phi) is 6.16. The molecule has 1 aliphatic heterocycles. The number of carbonyl (C=O) groups is 4. The minimum atomic E-state index is -0.750. The highest BCUT2D eigenvalue weighted by atomic mass is 16.7. The molecule has 10 heteroatoms. The molecule has 0 saturated heterocycles. The lowest BCUT2D eigenvalue weighted by Gasteiger charge is -2.12. The van der Waals surface area contributed by atoms with Gasteiger partial charge in [0.1, 0.15) is 0 Å². The maximum Gasteiger partial charge on any atom is 0.339 e. The second-order valence-electron chi connectivity index (χ2n) is 5.94. The van der Waals surface area contributed by atoms with Gasteiger partial charge in [-0.05, 0) is 36.4 Å². The van der Waals surface area contributed by atoms with Crippen LogP contribution in [-0.4, -0.2) is 51.4 Å². The molecule has 2 aromatic carbocycles. The first-order valence-electron chi connectivity index (χ1n) is 8.60. The Morgan fingerprint density at radius 2 is 1.53 bits per heavy atom. The molecule has 3 rings (SSSR count). The standard InChI is InChI=1S/C20H17NO9/c1-26-18(23)11-3-5-13(20(25)27-2)14(7-11)21-17(22)9-28-19(24)12-4-6-15-16(8-12)30-10-29-15/h3-8H,9-10H2,1-2H3,(H,21,22). The third kappa shape index (κ3) is 4.49. The van der Waals surface area contributed by atoms with Crippen molar-refractivity contribution in [2.75, 3.05) is 32.9 Å². The van der Waals surface area contributed by atoms with E-state index in [9.17, 15) is 19.2 Å². The summed E-state index contributed by atoms with van der Waals surface area (Å²) in [6.07, 6.45) is 0. The smallest absolute Gasteiger partial charge is 0.339 e. The molecule has 30 heavy (non-hydrogen) atoms. The second-order valence-corrected chi connectivity index (χ2v) is 5.94. The number of rotatable bonds is 6. The number of benzene rings is 2. The molecule has 0 aromatic heterocycles. The maximum absolute atomic E-state index is 12.2. The van der Waals surface area contributed by atoms with Gasteiger partial charge in [-0.2, -0.15) is 0 Å². The highest BCUT2D eigenvalue weighted by molar-refractivity contribution is 6.04. The molecule has 1 heterocycles. The van der Waals surface area contributed by atoms with E-state index < -0.39 is 30.4 Å². The zero-order valence-electron chi connectivity index (χ0n) is 16.1. The SMILES string of the molecule is COC(=O)c1ccc(C(=O)OC)c(NC(=O)COC(=O)c2ccc3c(c2)OCO3)c1. The number of fused-ring (bicyclic) bond motifs is 1. The highest BCUT2D eigenvalue weighted by Gasteiger charge is 2.20. The van der Waals surface area contributed by atoms with E-state index >= 15 is 0 Å². The molecule has 0 fully saturated rings. The summed E-state index contributed by atoms with van der Waals surface area (Å²) in [4.78, 5) is 48.0. The lowest BCUT2D eigenvalue weighted by molar-refractivity contribution is -0.119. The van der Waals surface area contributed by atoms with Gasteiger partial charge in [0.2, 0.25) is 6.79 Å². The zero-order chi connectivity index (χ0) is 21.7. The number of anilines is 1. The molecule has 0 atom stereocenters. The van der Waals surface area contributed by atoms with E-state index in [4.69, 9.17) is 14.2 Å². The van der Waals surface area contributed by atoms with Gasteiger partial charge in [-0.1, -0.05) is 0 Å². The highest BCUT2D eigenvalue weighted by Crippen LogP contribution is 2.32. The summed E-state index contributed by atoms with van der Waals surface area (Å²) >= 11 is 0. The minimum Gasteiger partial charge on any atom is -0.465 e. The van der Waals surface area contributed by atoms with Gasteiger partial charge in [0, 0.05) is 0 Å². The fraction of sp³-hybridized carbons (Fsp3) is 0.200. The van der Waals surface area contributed by atoms with Gasteiger partial charge >= 0.3 is 17.9 Å². The predicted molar refractivity (Wildman–Crippen MR) is 101 cm³/mol. The predicted octanol–water partition coefficient (Wildman–Crippen LogP) is 1.78. The van der Waals surface area contributed by atoms with E-state index in [0.717, 1.165) is 0 Å². The topological polar surface area (TPSA) is 126 Å². The summed E-state index contributed by atoms with van der Waals surface area (Å²) in [5, 5.41) is 2.42. The number of methoxy groups -OCH3 is 2. The van der Waals surface area contributed by atoms with Crippen LogP contribution in [0.25, 0.3) is 0 Å². The minimum absolute atomic E-state index is 0.00822.